The Labute approximate surface area is 237 Å². The second kappa shape index (κ2) is 13.9. The van der Waals surface area contributed by atoms with Gasteiger partial charge in [-0.15, -0.1) is 0 Å². The fourth-order valence-electron chi connectivity index (χ4n) is 4.55. The van der Waals surface area contributed by atoms with E-state index in [4.69, 9.17) is 5.73 Å². The number of carbonyl (C=O) groups is 4. The predicted molar refractivity (Wildman–Crippen MR) is 155 cm³/mol. The fourth-order valence-corrected chi connectivity index (χ4v) is 4.55. The molecule has 212 valence electrons. The lowest BCUT2D eigenvalue weighted by molar-refractivity contribution is -0.141. The van der Waals surface area contributed by atoms with Crippen molar-refractivity contribution in [3.63, 3.8) is 0 Å². The van der Waals surface area contributed by atoms with Gasteiger partial charge in [0, 0.05) is 29.9 Å². The van der Waals surface area contributed by atoms with Crippen LogP contribution in [0.25, 0.3) is 10.9 Å². The lowest BCUT2D eigenvalue weighted by Crippen LogP contribution is -2.54. The number of para-hydroxylation sites is 1. The Balaban J connectivity index is 1.42. The molecule has 3 amide bonds. The topological polar surface area (TPSA) is 166 Å². The molecule has 3 unspecified atom stereocenters. The van der Waals surface area contributed by atoms with Crippen molar-refractivity contribution < 1.29 is 24.3 Å². The van der Waals surface area contributed by atoms with Crippen LogP contribution < -0.4 is 21.7 Å². The first-order valence-corrected chi connectivity index (χ1v) is 13.3. The Kier molecular flexibility index (Phi) is 9.85. The number of hydrogen-bond acceptors (Lipinski definition) is 5. The van der Waals surface area contributed by atoms with Gasteiger partial charge in [0.25, 0.3) is 0 Å². The number of benzene rings is 3. The molecule has 1 aromatic heterocycles. The Morgan fingerprint density at radius 2 is 1.34 bits per heavy atom. The second-order valence-corrected chi connectivity index (χ2v) is 9.79. The highest BCUT2D eigenvalue weighted by Crippen LogP contribution is 2.19. The third-order valence-corrected chi connectivity index (χ3v) is 6.71. The van der Waals surface area contributed by atoms with Gasteiger partial charge in [0.2, 0.25) is 17.7 Å². The summed E-state index contributed by atoms with van der Waals surface area (Å²) < 4.78 is 0. The Morgan fingerprint density at radius 3 is 2.00 bits per heavy atom. The van der Waals surface area contributed by atoms with Crippen LogP contribution in [0.5, 0.6) is 0 Å². The van der Waals surface area contributed by atoms with Crippen LogP contribution in [0.1, 0.15) is 16.7 Å². The maximum atomic E-state index is 13.3. The first-order valence-electron chi connectivity index (χ1n) is 13.3. The lowest BCUT2D eigenvalue weighted by atomic mass is 10.0. The van der Waals surface area contributed by atoms with Gasteiger partial charge in [-0.1, -0.05) is 78.9 Å². The Morgan fingerprint density at radius 1 is 0.732 bits per heavy atom. The number of aliphatic carboxylic acids is 1. The fraction of sp³-hybridized carbons (Fsp3) is 0.226. The highest BCUT2D eigenvalue weighted by atomic mass is 16.4. The van der Waals surface area contributed by atoms with Gasteiger partial charge >= 0.3 is 5.97 Å². The normalized spacial score (nSPS) is 13.1. The molecule has 0 fully saturated rings. The van der Waals surface area contributed by atoms with Crippen molar-refractivity contribution in [3.8, 4) is 0 Å². The molecule has 41 heavy (non-hydrogen) atoms. The van der Waals surface area contributed by atoms with Gasteiger partial charge < -0.3 is 31.8 Å². The van der Waals surface area contributed by atoms with E-state index < -0.39 is 48.4 Å². The summed E-state index contributed by atoms with van der Waals surface area (Å²) in [6, 6.07) is 22.7. The molecule has 0 saturated carbocycles. The highest BCUT2D eigenvalue weighted by molar-refractivity contribution is 5.93. The molecule has 10 nitrogen and oxygen atoms in total. The number of nitrogens with two attached hydrogens (primary N) is 1. The molecule has 0 aliphatic carbocycles. The maximum absolute atomic E-state index is 13.3. The molecule has 7 N–H and O–H groups in total. The zero-order valence-corrected chi connectivity index (χ0v) is 22.4. The Hall–Kier alpha value is -4.96. The number of aromatic amines is 1. The summed E-state index contributed by atoms with van der Waals surface area (Å²) in [5.41, 5.74) is 9.47. The zero-order valence-electron chi connectivity index (χ0n) is 22.4. The van der Waals surface area contributed by atoms with Crippen molar-refractivity contribution >= 4 is 34.6 Å². The molecule has 0 aliphatic heterocycles. The minimum absolute atomic E-state index is 0.0917. The number of carbonyl (C=O) groups excluding carboxylic acids is 3. The van der Waals surface area contributed by atoms with Crippen LogP contribution in [-0.2, 0) is 38.4 Å². The lowest BCUT2D eigenvalue weighted by Gasteiger charge is -2.21. The number of hydrogen-bond donors (Lipinski definition) is 6. The summed E-state index contributed by atoms with van der Waals surface area (Å²) in [7, 11) is 0. The van der Waals surface area contributed by atoms with E-state index in [2.05, 4.69) is 20.9 Å². The van der Waals surface area contributed by atoms with E-state index in [1.165, 1.54) is 0 Å². The maximum Gasteiger partial charge on any atom is 0.326 e. The van der Waals surface area contributed by atoms with Crippen LogP contribution in [0.15, 0.2) is 91.1 Å². The van der Waals surface area contributed by atoms with E-state index in [9.17, 15) is 24.3 Å². The quantitative estimate of drug-likeness (QED) is 0.147. The van der Waals surface area contributed by atoms with Crippen LogP contribution >= 0.6 is 0 Å². The molecule has 3 atom stereocenters. The number of amides is 3. The molecule has 10 heteroatoms. The average Bonchev–Trinajstić information content (AvgIpc) is 3.39. The SMILES string of the molecule is NC(Cc1ccccc1)C(=O)NC(Cc1c[nH]c2ccccc12)C(=O)NCC(=O)NC(Cc1ccccc1)C(=O)O. The van der Waals surface area contributed by atoms with E-state index >= 15 is 0 Å². The van der Waals surface area contributed by atoms with E-state index in [0.29, 0.717) is 0 Å². The van der Waals surface area contributed by atoms with Crippen molar-refractivity contribution in [2.75, 3.05) is 6.54 Å². The summed E-state index contributed by atoms with van der Waals surface area (Å²) in [6.45, 7) is -0.465. The average molecular weight is 556 g/mol. The number of carboxylic acids is 1. The molecule has 0 aliphatic rings. The monoisotopic (exact) mass is 555 g/mol. The molecule has 0 spiro atoms. The third kappa shape index (κ3) is 8.26. The number of aromatic nitrogens is 1. The largest absolute Gasteiger partial charge is 0.480 e. The van der Waals surface area contributed by atoms with Crippen LogP contribution in [0.2, 0.25) is 0 Å². The van der Waals surface area contributed by atoms with Crippen molar-refractivity contribution in [2.45, 2.75) is 37.4 Å². The van der Waals surface area contributed by atoms with E-state index in [1.807, 2.05) is 60.7 Å². The molecule has 0 radical (unpaired) electrons. The van der Waals surface area contributed by atoms with Crippen molar-refractivity contribution in [1.82, 2.24) is 20.9 Å². The van der Waals surface area contributed by atoms with E-state index in [0.717, 1.165) is 27.6 Å². The molecule has 4 aromatic rings. The van der Waals surface area contributed by atoms with Crippen molar-refractivity contribution in [1.29, 1.82) is 0 Å². The van der Waals surface area contributed by atoms with Crippen molar-refractivity contribution in [2.24, 2.45) is 5.73 Å². The van der Waals surface area contributed by atoms with Gasteiger partial charge in [0.15, 0.2) is 0 Å². The standard InChI is InChI=1S/C31H33N5O5/c32-24(15-20-9-3-1-4-10-20)29(38)36-26(17-22-18-33-25-14-8-7-13-23(22)25)30(39)34-19-28(37)35-27(31(40)41)16-21-11-5-2-6-12-21/h1-14,18,24,26-27,33H,15-17,19,32H2,(H,34,39)(H,35,37)(H,36,38)(H,40,41). The summed E-state index contributed by atoms with van der Waals surface area (Å²) in [6.07, 6.45) is 2.30. The molecular formula is C31H33N5O5. The Bertz CT molecular complexity index is 1490. The number of nitrogens with one attached hydrogen (secondary N) is 4. The first-order chi connectivity index (χ1) is 19.8. The number of fused-ring (bicyclic) bond motifs is 1. The highest BCUT2D eigenvalue weighted by Gasteiger charge is 2.26. The molecule has 0 saturated heterocycles. The number of rotatable bonds is 13. The minimum atomic E-state index is -1.19. The van der Waals surface area contributed by atoms with Crippen LogP contribution in [-0.4, -0.2) is 58.5 Å². The number of H-pyrrole nitrogens is 1. The third-order valence-electron chi connectivity index (χ3n) is 6.71. The molecular weight excluding hydrogens is 522 g/mol. The second-order valence-electron chi connectivity index (χ2n) is 9.79. The van der Waals surface area contributed by atoms with Crippen molar-refractivity contribution in [3.05, 3.63) is 108 Å². The summed E-state index contributed by atoms with van der Waals surface area (Å²) in [4.78, 5) is 53.8. The summed E-state index contributed by atoms with van der Waals surface area (Å²) in [5, 5.41) is 18.2. The minimum Gasteiger partial charge on any atom is -0.480 e. The van der Waals surface area contributed by atoms with E-state index in [1.54, 1.807) is 30.5 Å². The molecule has 4 rings (SSSR count). The van der Waals surface area contributed by atoms with Crippen LogP contribution in [0.3, 0.4) is 0 Å². The van der Waals surface area contributed by atoms with Crippen LogP contribution in [0, 0.1) is 0 Å². The van der Waals surface area contributed by atoms with Gasteiger partial charge in [-0.25, -0.2) is 4.79 Å². The molecule has 3 aromatic carbocycles. The van der Waals surface area contributed by atoms with Crippen LogP contribution in [0.4, 0.5) is 0 Å². The van der Waals surface area contributed by atoms with Gasteiger partial charge in [0.05, 0.1) is 12.6 Å². The van der Waals surface area contributed by atoms with E-state index in [-0.39, 0.29) is 19.3 Å². The van der Waals surface area contributed by atoms with Gasteiger partial charge in [-0.2, -0.15) is 0 Å². The van der Waals surface area contributed by atoms with Gasteiger partial charge in [-0.3, -0.25) is 14.4 Å². The summed E-state index contributed by atoms with van der Waals surface area (Å²) >= 11 is 0. The predicted octanol–water partition coefficient (Wildman–Crippen LogP) is 1.69. The molecule has 1 heterocycles. The van der Waals surface area contributed by atoms with Gasteiger partial charge in [-0.05, 0) is 29.2 Å². The number of carboxylic acid groups (broad SMARTS) is 1. The van der Waals surface area contributed by atoms with Gasteiger partial charge in [0.1, 0.15) is 12.1 Å². The zero-order chi connectivity index (χ0) is 29.2. The first kappa shape index (κ1) is 29.0. The smallest absolute Gasteiger partial charge is 0.326 e. The molecule has 0 bridgehead atoms. The summed E-state index contributed by atoms with van der Waals surface area (Å²) in [5.74, 6) is -2.96.